The summed E-state index contributed by atoms with van der Waals surface area (Å²) in [5.74, 6) is -0.0132. The maximum atomic E-state index is 11.0. The van der Waals surface area contributed by atoms with Crippen LogP contribution in [0.1, 0.15) is 31.6 Å². The fraction of sp³-hybridized carbons (Fsp3) is 0.636. The molecule has 82 valence electrons. The standard InChI is InChI=1S/C11H16N2O2/c1-2-13-10(5-6-12-13)11-9(8-14)4-3-7-15-11/h5-6,8-9,11H,2-4,7H2,1H3. The Morgan fingerprint density at radius 3 is 3.33 bits per heavy atom. The maximum absolute atomic E-state index is 11.0. The van der Waals surface area contributed by atoms with Crippen LogP contribution in [0.4, 0.5) is 0 Å². The molecule has 1 saturated heterocycles. The number of aryl methyl sites for hydroxylation is 1. The molecule has 2 unspecified atom stereocenters. The van der Waals surface area contributed by atoms with Crippen molar-refractivity contribution in [2.75, 3.05) is 6.61 Å². The summed E-state index contributed by atoms with van der Waals surface area (Å²) < 4.78 is 7.57. The molecule has 0 aromatic carbocycles. The molecule has 0 bridgehead atoms. The van der Waals surface area contributed by atoms with Gasteiger partial charge >= 0.3 is 0 Å². The minimum Gasteiger partial charge on any atom is -0.371 e. The third-order valence-corrected chi connectivity index (χ3v) is 2.88. The third kappa shape index (κ3) is 1.95. The van der Waals surface area contributed by atoms with Crippen molar-refractivity contribution < 1.29 is 9.53 Å². The SMILES string of the molecule is CCn1nccc1C1OCCCC1C=O. The quantitative estimate of drug-likeness (QED) is 0.708. The van der Waals surface area contributed by atoms with Gasteiger partial charge in [-0.2, -0.15) is 5.10 Å². The average Bonchev–Trinajstić information content (AvgIpc) is 2.76. The zero-order chi connectivity index (χ0) is 10.7. The van der Waals surface area contributed by atoms with Crippen molar-refractivity contribution in [3.63, 3.8) is 0 Å². The largest absolute Gasteiger partial charge is 0.371 e. The van der Waals surface area contributed by atoms with E-state index in [1.165, 1.54) is 0 Å². The van der Waals surface area contributed by atoms with E-state index in [0.717, 1.165) is 38.0 Å². The molecule has 4 heteroatoms. The number of aldehydes is 1. The molecule has 1 fully saturated rings. The van der Waals surface area contributed by atoms with Gasteiger partial charge in [0.25, 0.3) is 0 Å². The number of hydrogen-bond acceptors (Lipinski definition) is 3. The number of nitrogens with zero attached hydrogens (tertiary/aromatic N) is 2. The Morgan fingerprint density at radius 2 is 2.60 bits per heavy atom. The van der Waals surface area contributed by atoms with Crippen LogP contribution < -0.4 is 0 Å². The van der Waals surface area contributed by atoms with Gasteiger partial charge in [-0.1, -0.05) is 0 Å². The van der Waals surface area contributed by atoms with Crippen LogP contribution in [0, 0.1) is 5.92 Å². The third-order valence-electron chi connectivity index (χ3n) is 2.88. The van der Waals surface area contributed by atoms with Gasteiger partial charge in [-0.05, 0) is 25.8 Å². The monoisotopic (exact) mass is 208 g/mol. The lowest BCUT2D eigenvalue weighted by Gasteiger charge is -2.28. The van der Waals surface area contributed by atoms with Crippen molar-refractivity contribution in [2.24, 2.45) is 5.92 Å². The highest BCUT2D eigenvalue weighted by atomic mass is 16.5. The minimum atomic E-state index is -0.0984. The summed E-state index contributed by atoms with van der Waals surface area (Å²) in [5, 5.41) is 4.20. The summed E-state index contributed by atoms with van der Waals surface area (Å²) in [6.45, 7) is 3.59. The highest BCUT2D eigenvalue weighted by molar-refractivity contribution is 5.55. The van der Waals surface area contributed by atoms with Crippen molar-refractivity contribution in [1.29, 1.82) is 0 Å². The van der Waals surface area contributed by atoms with Crippen LogP contribution in [0.3, 0.4) is 0 Å². The molecule has 2 rings (SSSR count). The Bertz CT molecular complexity index is 335. The molecule has 0 spiro atoms. The van der Waals surface area contributed by atoms with Crippen molar-refractivity contribution in [3.05, 3.63) is 18.0 Å². The van der Waals surface area contributed by atoms with Gasteiger partial charge in [0.2, 0.25) is 0 Å². The van der Waals surface area contributed by atoms with Crippen LogP contribution in [0.2, 0.25) is 0 Å². The van der Waals surface area contributed by atoms with E-state index in [0.29, 0.717) is 0 Å². The highest BCUT2D eigenvalue weighted by Crippen LogP contribution is 2.31. The lowest BCUT2D eigenvalue weighted by atomic mass is 9.93. The molecule has 0 radical (unpaired) electrons. The number of rotatable bonds is 3. The molecule has 2 heterocycles. The first-order valence-electron chi connectivity index (χ1n) is 5.45. The van der Waals surface area contributed by atoms with Gasteiger partial charge in [0.15, 0.2) is 0 Å². The smallest absolute Gasteiger partial charge is 0.126 e. The van der Waals surface area contributed by atoms with Crippen LogP contribution in [0.5, 0.6) is 0 Å². The number of ether oxygens (including phenoxy) is 1. The predicted molar refractivity (Wildman–Crippen MR) is 55.4 cm³/mol. The van der Waals surface area contributed by atoms with E-state index in [4.69, 9.17) is 4.74 Å². The van der Waals surface area contributed by atoms with Gasteiger partial charge < -0.3 is 9.53 Å². The summed E-state index contributed by atoms with van der Waals surface area (Å²) in [7, 11) is 0. The number of carbonyl (C=O) groups is 1. The van der Waals surface area contributed by atoms with Gasteiger partial charge in [-0.25, -0.2) is 0 Å². The predicted octanol–water partition coefficient (Wildman–Crippen LogP) is 1.57. The van der Waals surface area contributed by atoms with Gasteiger partial charge in [0, 0.05) is 25.3 Å². The normalized spacial score (nSPS) is 26.5. The Hall–Kier alpha value is -1.16. The summed E-state index contributed by atoms with van der Waals surface area (Å²) in [4.78, 5) is 11.0. The molecule has 1 aliphatic heterocycles. The fourth-order valence-electron chi connectivity index (χ4n) is 2.10. The molecule has 0 N–H and O–H groups in total. The van der Waals surface area contributed by atoms with Gasteiger partial charge in [0.05, 0.1) is 5.69 Å². The first-order chi connectivity index (χ1) is 7.36. The molecule has 1 aliphatic rings. The maximum Gasteiger partial charge on any atom is 0.126 e. The first kappa shape index (κ1) is 10.4. The highest BCUT2D eigenvalue weighted by Gasteiger charge is 2.29. The number of carbonyl (C=O) groups excluding carboxylic acids is 1. The Morgan fingerprint density at radius 1 is 1.73 bits per heavy atom. The lowest BCUT2D eigenvalue weighted by molar-refractivity contribution is -0.120. The second kappa shape index (κ2) is 4.57. The van der Waals surface area contributed by atoms with E-state index in [9.17, 15) is 4.79 Å². The topological polar surface area (TPSA) is 44.1 Å². The summed E-state index contributed by atoms with van der Waals surface area (Å²) in [6, 6.07) is 1.94. The second-order valence-electron chi connectivity index (χ2n) is 3.81. The van der Waals surface area contributed by atoms with Crippen molar-refractivity contribution in [1.82, 2.24) is 9.78 Å². The van der Waals surface area contributed by atoms with Gasteiger partial charge in [-0.3, -0.25) is 4.68 Å². The molecular formula is C11H16N2O2. The Labute approximate surface area is 89.2 Å². The molecule has 0 saturated carbocycles. The van der Waals surface area contributed by atoms with Crippen molar-refractivity contribution in [3.8, 4) is 0 Å². The molecule has 0 amide bonds. The molecule has 2 atom stereocenters. The van der Waals surface area contributed by atoms with E-state index in [1.54, 1.807) is 6.20 Å². The molecular weight excluding hydrogens is 192 g/mol. The second-order valence-corrected chi connectivity index (χ2v) is 3.81. The van der Waals surface area contributed by atoms with E-state index < -0.39 is 0 Å². The van der Waals surface area contributed by atoms with Crippen LogP contribution >= 0.6 is 0 Å². The van der Waals surface area contributed by atoms with Crippen molar-refractivity contribution >= 4 is 6.29 Å². The summed E-state index contributed by atoms with van der Waals surface area (Å²) in [5.41, 5.74) is 1.02. The lowest BCUT2D eigenvalue weighted by Crippen LogP contribution is -2.25. The van der Waals surface area contributed by atoms with Crippen molar-refractivity contribution in [2.45, 2.75) is 32.4 Å². The molecule has 1 aromatic rings. The average molecular weight is 208 g/mol. The van der Waals surface area contributed by atoms with Crippen LogP contribution in [-0.4, -0.2) is 22.7 Å². The number of hydrogen-bond donors (Lipinski definition) is 0. The number of aromatic nitrogens is 2. The van der Waals surface area contributed by atoms with Crippen LogP contribution in [-0.2, 0) is 16.1 Å². The zero-order valence-electron chi connectivity index (χ0n) is 8.93. The van der Waals surface area contributed by atoms with E-state index in [2.05, 4.69) is 5.10 Å². The van der Waals surface area contributed by atoms with Crippen LogP contribution in [0.15, 0.2) is 12.3 Å². The summed E-state index contributed by atoms with van der Waals surface area (Å²) >= 11 is 0. The van der Waals surface area contributed by atoms with Gasteiger partial charge in [0.1, 0.15) is 12.4 Å². The van der Waals surface area contributed by atoms with Gasteiger partial charge in [-0.15, -0.1) is 0 Å². The van der Waals surface area contributed by atoms with E-state index >= 15 is 0 Å². The Kier molecular flexibility index (Phi) is 3.16. The zero-order valence-corrected chi connectivity index (χ0v) is 8.93. The first-order valence-corrected chi connectivity index (χ1v) is 5.45. The minimum absolute atomic E-state index is 0.0132. The van der Waals surface area contributed by atoms with Crippen LogP contribution in [0.25, 0.3) is 0 Å². The molecule has 15 heavy (non-hydrogen) atoms. The molecule has 1 aromatic heterocycles. The summed E-state index contributed by atoms with van der Waals surface area (Å²) in [6.07, 6.45) is 4.57. The van der Waals surface area contributed by atoms with E-state index in [-0.39, 0.29) is 12.0 Å². The fourth-order valence-corrected chi connectivity index (χ4v) is 2.10. The van der Waals surface area contributed by atoms with E-state index in [1.807, 2.05) is 17.7 Å². The molecule has 4 nitrogen and oxygen atoms in total. The Balaban J connectivity index is 2.23. The molecule has 0 aliphatic carbocycles.